The van der Waals surface area contributed by atoms with Crippen LogP contribution in [0.15, 0.2) is 36.7 Å². The fourth-order valence-electron chi connectivity index (χ4n) is 2.55. The highest BCUT2D eigenvalue weighted by Crippen LogP contribution is 2.18. The van der Waals surface area contributed by atoms with Gasteiger partial charge in [0, 0.05) is 12.1 Å². The maximum absolute atomic E-state index is 12.3. The van der Waals surface area contributed by atoms with Crippen LogP contribution in [-0.2, 0) is 9.84 Å². The molecule has 8 nitrogen and oxygen atoms in total. The molecule has 1 fully saturated rings. The number of amides is 1. The van der Waals surface area contributed by atoms with Gasteiger partial charge in [-0.2, -0.15) is 5.26 Å². The summed E-state index contributed by atoms with van der Waals surface area (Å²) in [5, 5.41) is 14.7. The van der Waals surface area contributed by atoms with E-state index in [1.807, 2.05) is 6.07 Å². The fourth-order valence-corrected chi connectivity index (χ4v) is 4.23. The molecule has 1 amide bonds. The summed E-state index contributed by atoms with van der Waals surface area (Å²) < 4.78 is 23.0. The van der Waals surface area contributed by atoms with E-state index in [2.05, 4.69) is 20.6 Å². The Morgan fingerprint density at radius 2 is 2.08 bits per heavy atom. The number of carbonyl (C=O) groups is 1. The van der Waals surface area contributed by atoms with Crippen molar-refractivity contribution in [1.82, 2.24) is 9.97 Å². The van der Waals surface area contributed by atoms with Gasteiger partial charge in [0.15, 0.2) is 9.84 Å². The number of nitrogens with zero attached hydrogens (tertiary/aromatic N) is 3. The molecule has 1 atom stereocenters. The summed E-state index contributed by atoms with van der Waals surface area (Å²) in [5.41, 5.74) is 0.857. The van der Waals surface area contributed by atoms with Gasteiger partial charge in [-0.1, -0.05) is 12.1 Å². The molecule has 1 unspecified atom stereocenters. The van der Waals surface area contributed by atoms with Crippen LogP contribution in [0.4, 0.5) is 11.5 Å². The van der Waals surface area contributed by atoms with Gasteiger partial charge in [-0.25, -0.2) is 18.4 Å². The van der Waals surface area contributed by atoms with Crippen LogP contribution in [0.2, 0.25) is 0 Å². The van der Waals surface area contributed by atoms with Crippen LogP contribution in [0, 0.1) is 11.3 Å². The Labute approximate surface area is 144 Å². The van der Waals surface area contributed by atoms with Crippen LogP contribution in [0.3, 0.4) is 0 Å². The van der Waals surface area contributed by atoms with Crippen LogP contribution in [0.5, 0.6) is 0 Å². The normalized spacial score (nSPS) is 18.3. The molecular formula is C16H15N5O3S. The van der Waals surface area contributed by atoms with Crippen molar-refractivity contribution in [2.45, 2.75) is 12.5 Å². The standard InChI is InChI=1S/C16H15N5O3S/c17-8-11-3-1-2-4-13(11)21-16(22)14-7-15(19-10-18-14)20-12-5-6-25(23,24)9-12/h1-4,7,10,12H,5-6,9H2,(H,21,22)(H,18,19,20). The average molecular weight is 357 g/mol. The Morgan fingerprint density at radius 3 is 2.80 bits per heavy atom. The predicted octanol–water partition coefficient (Wildman–Crippen LogP) is 1.20. The average Bonchev–Trinajstić information content (AvgIpc) is 2.94. The number of nitriles is 1. The SMILES string of the molecule is N#Cc1ccccc1NC(=O)c1cc(NC2CCS(=O)(=O)C2)ncn1. The molecule has 1 aromatic heterocycles. The summed E-state index contributed by atoms with van der Waals surface area (Å²) in [5.74, 6) is 0.102. The Hall–Kier alpha value is -2.99. The van der Waals surface area contributed by atoms with Gasteiger partial charge in [0.1, 0.15) is 23.9 Å². The molecular weight excluding hydrogens is 342 g/mol. The third-order valence-corrected chi connectivity index (χ3v) is 5.55. The second kappa shape index (κ2) is 6.86. The lowest BCUT2D eigenvalue weighted by Gasteiger charge is -2.12. The summed E-state index contributed by atoms with van der Waals surface area (Å²) >= 11 is 0. The van der Waals surface area contributed by atoms with Crippen molar-refractivity contribution in [2.24, 2.45) is 0 Å². The Bertz CT molecular complexity index is 952. The lowest BCUT2D eigenvalue weighted by Crippen LogP contribution is -2.22. The smallest absolute Gasteiger partial charge is 0.274 e. The van der Waals surface area contributed by atoms with Crippen molar-refractivity contribution in [3.63, 3.8) is 0 Å². The maximum atomic E-state index is 12.3. The first-order valence-corrected chi connectivity index (χ1v) is 9.38. The number of aromatic nitrogens is 2. The van der Waals surface area contributed by atoms with Gasteiger partial charge in [-0.15, -0.1) is 0 Å². The van der Waals surface area contributed by atoms with Crippen molar-refractivity contribution >= 4 is 27.2 Å². The van der Waals surface area contributed by atoms with Crippen LogP contribution in [-0.4, -0.2) is 41.8 Å². The van der Waals surface area contributed by atoms with Crippen LogP contribution >= 0.6 is 0 Å². The maximum Gasteiger partial charge on any atom is 0.274 e. The number of anilines is 2. The van der Waals surface area contributed by atoms with E-state index in [9.17, 15) is 13.2 Å². The van der Waals surface area contributed by atoms with E-state index in [0.29, 0.717) is 23.5 Å². The molecule has 0 spiro atoms. The molecule has 2 aromatic rings. The number of rotatable bonds is 4. The molecule has 3 rings (SSSR count). The zero-order chi connectivity index (χ0) is 17.9. The molecule has 2 N–H and O–H groups in total. The number of benzene rings is 1. The molecule has 0 aliphatic carbocycles. The molecule has 1 aromatic carbocycles. The van der Waals surface area contributed by atoms with Crippen molar-refractivity contribution in [3.8, 4) is 6.07 Å². The van der Waals surface area contributed by atoms with Crippen molar-refractivity contribution < 1.29 is 13.2 Å². The summed E-state index contributed by atoms with van der Waals surface area (Å²) in [7, 11) is -3.01. The van der Waals surface area contributed by atoms with Gasteiger partial charge in [-0.05, 0) is 18.6 Å². The van der Waals surface area contributed by atoms with Gasteiger partial charge in [0.25, 0.3) is 5.91 Å². The first-order chi connectivity index (χ1) is 12.0. The fraction of sp³-hybridized carbons (Fsp3) is 0.250. The van der Waals surface area contributed by atoms with E-state index in [1.165, 1.54) is 12.4 Å². The Balaban J connectivity index is 1.73. The van der Waals surface area contributed by atoms with E-state index in [4.69, 9.17) is 5.26 Å². The van der Waals surface area contributed by atoms with Crippen LogP contribution in [0.25, 0.3) is 0 Å². The highest BCUT2D eigenvalue weighted by Gasteiger charge is 2.28. The minimum atomic E-state index is -3.01. The lowest BCUT2D eigenvalue weighted by atomic mass is 10.2. The number of hydrogen-bond donors (Lipinski definition) is 2. The van der Waals surface area contributed by atoms with Gasteiger partial charge in [0.05, 0.1) is 22.8 Å². The lowest BCUT2D eigenvalue weighted by molar-refractivity contribution is 0.102. The molecule has 9 heteroatoms. The molecule has 0 radical (unpaired) electrons. The summed E-state index contributed by atoms with van der Waals surface area (Å²) in [6.45, 7) is 0. The molecule has 1 aliphatic heterocycles. The third kappa shape index (κ3) is 4.10. The summed E-state index contributed by atoms with van der Waals surface area (Å²) in [6.07, 6.45) is 1.74. The van der Waals surface area contributed by atoms with Gasteiger partial charge in [0.2, 0.25) is 0 Å². The number of para-hydroxylation sites is 1. The Kier molecular flexibility index (Phi) is 4.63. The van der Waals surface area contributed by atoms with Gasteiger partial charge >= 0.3 is 0 Å². The molecule has 0 bridgehead atoms. The first kappa shape index (κ1) is 16.9. The molecule has 0 saturated carbocycles. The second-order valence-electron chi connectivity index (χ2n) is 5.64. The highest BCUT2D eigenvalue weighted by molar-refractivity contribution is 7.91. The minimum Gasteiger partial charge on any atom is -0.366 e. The number of hydrogen-bond acceptors (Lipinski definition) is 7. The third-order valence-electron chi connectivity index (χ3n) is 3.78. The van der Waals surface area contributed by atoms with Crippen molar-refractivity contribution in [2.75, 3.05) is 22.1 Å². The van der Waals surface area contributed by atoms with Crippen LogP contribution < -0.4 is 10.6 Å². The topological polar surface area (TPSA) is 125 Å². The first-order valence-electron chi connectivity index (χ1n) is 7.56. The number of nitrogens with one attached hydrogen (secondary N) is 2. The molecule has 128 valence electrons. The van der Waals surface area contributed by atoms with Crippen molar-refractivity contribution in [3.05, 3.63) is 47.9 Å². The van der Waals surface area contributed by atoms with Gasteiger partial charge in [-0.3, -0.25) is 4.79 Å². The zero-order valence-electron chi connectivity index (χ0n) is 13.1. The monoisotopic (exact) mass is 357 g/mol. The van der Waals surface area contributed by atoms with E-state index in [0.717, 1.165) is 0 Å². The molecule has 25 heavy (non-hydrogen) atoms. The van der Waals surface area contributed by atoms with Crippen molar-refractivity contribution in [1.29, 1.82) is 5.26 Å². The van der Waals surface area contributed by atoms with E-state index in [1.54, 1.807) is 24.3 Å². The predicted molar refractivity (Wildman–Crippen MR) is 91.8 cm³/mol. The van der Waals surface area contributed by atoms with Crippen LogP contribution in [0.1, 0.15) is 22.5 Å². The molecule has 2 heterocycles. The number of carbonyl (C=O) groups excluding carboxylic acids is 1. The van der Waals surface area contributed by atoms with E-state index < -0.39 is 15.7 Å². The minimum absolute atomic E-state index is 0.0497. The Morgan fingerprint density at radius 1 is 1.28 bits per heavy atom. The molecule has 1 saturated heterocycles. The van der Waals surface area contributed by atoms with E-state index >= 15 is 0 Å². The highest BCUT2D eigenvalue weighted by atomic mass is 32.2. The summed E-state index contributed by atoms with van der Waals surface area (Å²) in [4.78, 5) is 20.3. The zero-order valence-corrected chi connectivity index (χ0v) is 14.0. The molecule has 1 aliphatic rings. The largest absolute Gasteiger partial charge is 0.366 e. The quantitative estimate of drug-likeness (QED) is 0.842. The number of sulfone groups is 1. The second-order valence-corrected chi connectivity index (χ2v) is 7.87. The van der Waals surface area contributed by atoms with E-state index in [-0.39, 0.29) is 23.2 Å². The summed E-state index contributed by atoms with van der Waals surface area (Å²) in [6, 6.07) is 9.87. The van der Waals surface area contributed by atoms with Gasteiger partial charge < -0.3 is 10.6 Å².